The second kappa shape index (κ2) is 4.79. The lowest BCUT2D eigenvalue weighted by Crippen LogP contribution is -2.50. The van der Waals surface area contributed by atoms with Crippen LogP contribution in [-0.2, 0) is 6.42 Å². The van der Waals surface area contributed by atoms with E-state index >= 15 is 0 Å². The molecule has 4 nitrogen and oxygen atoms in total. The van der Waals surface area contributed by atoms with Crippen molar-refractivity contribution < 1.29 is 0 Å². The monoisotopic (exact) mass is 266 g/mol. The van der Waals surface area contributed by atoms with Crippen molar-refractivity contribution in [3.05, 3.63) is 10.6 Å². The van der Waals surface area contributed by atoms with Crippen LogP contribution < -0.4 is 10.6 Å². The van der Waals surface area contributed by atoms with Gasteiger partial charge in [-0.2, -0.15) is 0 Å². The summed E-state index contributed by atoms with van der Waals surface area (Å²) in [5.41, 5.74) is 7.33. The minimum absolute atomic E-state index is 0.170. The molecule has 2 unspecified atom stereocenters. The Balaban J connectivity index is 1.81. The van der Waals surface area contributed by atoms with Gasteiger partial charge in [-0.15, -0.1) is 11.3 Å². The van der Waals surface area contributed by atoms with Crippen molar-refractivity contribution in [1.82, 2.24) is 9.88 Å². The van der Waals surface area contributed by atoms with E-state index in [1.54, 1.807) is 0 Å². The van der Waals surface area contributed by atoms with Gasteiger partial charge in [0.25, 0.3) is 0 Å². The molecule has 0 spiro atoms. The van der Waals surface area contributed by atoms with Crippen LogP contribution >= 0.6 is 11.3 Å². The standard InChI is InChI=1S/C13H22N4S/c1-9-8-17(7-6-16(9)2)13-15-12-10(14)4-3-5-11(12)18-13/h9-10H,3-8,14H2,1-2H3. The van der Waals surface area contributed by atoms with E-state index in [1.165, 1.54) is 28.5 Å². The highest BCUT2D eigenvalue weighted by molar-refractivity contribution is 7.15. The first kappa shape index (κ1) is 12.4. The molecule has 0 radical (unpaired) electrons. The van der Waals surface area contributed by atoms with E-state index in [0.29, 0.717) is 6.04 Å². The van der Waals surface area contributed by atoms with Gasteiger partial charge in [0, 0.05) is 36.6 Å². The van der Waals surface area contributed by atoms with Gasteiger partial charge in [-0.1, -0.05) is 0 Å². The summed E-state index contributed by atoms with van der Waals surface area (Å²) in [6, 6.07) is 0.775. The van der Waals surface area contributed by atoms with Crippen LogP contribution in [0, 0.1) is 0 Å². The minimum Gasteiger partial charge on any atom is -0.345 e. The average molecular weight is 266 g/mol. The number of hydrogen-bond acceptors (Lipinski definition) is 5. The molecule has 1 aromatic rings. The number of hydrogen-bond donors (Lipinski definition) is 1. The van der Waals surface area contributed by atoms with E-state index in [-0.39, 0.29) is 6.04 Å². The van der Waals surface area contributed by atoms with Crippen molar-refractivity contribution in [3.63, 3.8) is 0 Å². The molecule has 0 bridgehead atoms. The smallest absolute Gasteiger partial charge is 0.185 e. The fourth-order valence-corrected chi connectivity index (χ4v) is 4.00. The maximum atomic E-state index is 6.16. The molecular weight excluding hydrogens is 244 g/mol. The summed E-state index contributed by atoms with van der Waals surface area (Å²) in [6.07, 6.45) is 3.48. The van der Waals surface area contributed by atoms with Crippen LogP contribution in [0.2, 0.25) is 0 Å². The molecule has 2 N–H and O–H groups in total. The molecule has 0 aromatic carbocycles. The largest absolute Gasteiger partial charge is 0.345 e. The zero-order valence-electron chi connectivity index (χ0n) is 11.2. The van der Waals surface area contributed by atoms with Gasteiger partial charge in [-0.25, -0.2) is 4.98 Å². The third kappa shape index (κ3) is 2.15. The van der Waals surface area contributed by atoms with E-state index in [1.807, 2.05) is 11.3 Å². The van der Waals surface area contributed by atoms with Crippen molar-refractivity contribution >= 4 is 16.5 Å². The quantitative estimate of drug-likeness (QED) is 0.839. The first-order valence-electron chi connectivity index (χ1n) is 6.85. The highest BCUT2D eigenvalue weighted by atomic mass is 32.1. The zero-order valence-corrected chi connectivity index (χ0v) is 12.0. The van der Waals surface area contributed by atoms with Gasteiger partial charge in [0.05, 0.1) is 5.69 Å². The number of piperazine rings is 1. The molecule has 1 saturated heterocycles. The number of aromatic nitrogens is 1. The number of likely N-dealkylation sites (N-methyl/N-ethyl adjacent to an activating group) is 1. The Morgan fingerprint density at radius 3 is 2.94 bits per heavy atom. The topological polar surface area (TPSA) is 45.4 Å². The second-order valence-electron chi connectivity index (χ2n) is 5.58. The Labute approximate surface area is 113 Å². The molecule has 0 saturated carbocycles. The van der Waals surface area contributed by atoms with Gasteiger partial charge in [-0.05, 0) is 33.2 Å². The average Bonchev–Trinajstić information content (AvgIpc) is 2.78. The number of fused-ring (bicyclic) bond motifs is 1. The lowest BCUT2D eigenvalue weighted by atomic mass is 9.99. The Bertz CT molecular complexity index is 431. The third-order valence-corrected chi connectivity index (χ3v) is 5.41. The van der Waals surface area contributed by atoms with Gasteiger partial charge < -0.3 is 15.5 Å². The number of rotatable bonds is 1. The molecule has 100 valence electrons. The normalized spacial score (nSPS) is 29.4. The van der Waals surface area contributed by atoms with Crippen LogP contribution in [0.25, 0.3) is 0 Å². The van der Waals surface area contributed by atoms with E-state index < -0.39 is 0 Å². The predicted molar refractivity (Wildman–Crippen MR) is 76.3 cm³/mol. The van der Waals surface area contributed by atoms with Gasteiger partial charge in [0.1, 0.15) is 0 Å². The Hall–Kier alpha value is -0.650. The lowest BCUT2D eigenvalue weighted by Gasteiger charge is -2.37. The summed E-state index contributed by atoms with van der Waals surface area (Å²) in [5, 5.41) is 1.19. The van der Waals surface area contributed by atoms with Crippen molar-refractivity contribution in [3.8, 4) is 0 Å². The highest BCUT2D eigenvalue weighted by Crippen LogP contribution is 2.36. The molecule has 1 aliphatic heterocycles. The Morgan fingerprint density at radius 1 is 1.39 bits per heavy atom. The van der Waals surface area contributed by atoms with Crippen molar-refractivity contribution in [2.75, 3.05) is 31.6 Å². The van der Waals surface area contributed by atoms with E-state index in [4.69, 9.17) is 10.7 Å². The molecule has 3 rings (SSSR count). The van der Waals surface area contributed by atoms with Crippen LogP contribution in [0.4, 0.5) is 5.13 Å². The molecule has 5 heteroatoms. The number of thiazole rings is 1. The summed E-state index contributed by atoms with van der Waals surface area (Å²) in [6.45, 7) is 5.57. The van der Waals surface area contributed by atoms with Crippen molar-refractivity contribution in [1.29, 1.82) is 0 Å². The van der Waals surface area contributed by atoms with E-state index in [2.05, 4.69) is 23.8 Å². The summed E-state index contributed by atoms with van der Waals surface area (Å²) < 4.78 is 0. The second-order valence-corrected chi connectivity index (χ2v) is 6.64. The van der Waals surface area contributed by atoms with Gasteiger partial charge in [0.15, 0.2) is 5.13 Å². The van der Waals surface area contributed by atoms with Gasteiger partial charge in [0.2, 0.25) is 0 Å². The highest BCUT2D eigenvalue weighted by Gasteiger charge is 2.27. The van der Waals surface area contributed by atoms with Gasteiger partial charge in [-0.3, -0.25) is 0 Å². The van der Waals surface area contributed by atoms with Crippen LogP contribution in [0.3, 0.4) is 0 Å². The minimum atomic E-state index is 0.170. The molecule has 2 atom stereocenters. The Kier molecular flexibility index (Phi) is 3.30. The summed E-state index contributed by atoms with van der Waals surface area (Å²) in [7, 11) is 2.20. The lowest BCUT2D eigenvalue weighted by molar-refractivity contribution is 0.234. The fraction of sp³-hybridized carbons (Fsp3) is 0.769. The molecule has 1 aromatic heterocycles. The third-order valence-electron chi connectivity index (χ3n) is 4.22. The molecule has 18 heavy (non-hydrogen) atoms. The van der Waals surface area contributed by atoms with Crippen molar-refractivity contribution in [2.24, 2.45) is 5.73 Å². The SMILES string of the molecule is CC1CN(c2nc3c(s2)CCCC3N)CCN1C. The van der Waals surface area contributed by atoms with Crippen LogP contribution in [-0.4, -0.2) is 42.6 Å². The maximum absolute atomic E-state index is 6.16. The van der Waals surface area contributed by atoms with Crippen LogP contribution in [0.5, 0.6) is 0 Å². The summed E-state index contributed by atoms with van der Waals surface area (Å²) >= 11 is 1.87. The van der Waals surface area contributed by atoms with Crippen molar-refractivity contribution in [2.45, 2.75) is 38.3 Å². The number of nitrogens with two attached hydrogens (primary N) is 1. The number of anilines is 1. The number of aryl methyl sites for hydroxylation is 1. The predicted octanol–water partition coefficient (Wildman–Crippen LogP) is 1.62. The van der Waals surface area contributed by atoms with Crippen LogP contribution in [0.1, 0.15) is 36.4 Å². The summed E-state index contributed by atoms with van der Waals surface area (Å²) in [5.74, 6) is 0. The molecule has 1 aliphatic carbocycles. The molecular formula is C13H22N4S. The molecule has 0 amide bonds. The zero-order chi connectivity index (χ0) is 12.7. The molecule has 1 fully saturated rings. The maximum Gasteiger partial charge on any atom is 0.185 e. The number of nitrogens with zero attached hydrogens (tertiary/aromatic N) is 3. The fourth-order valence-electron chi connectivity index (χ4n) is 2.80. The van der Waals surface area contributed by atoms with E-state index in [9.17, 15) is 0 Å². The first-order chi connectivity index (χ1) is 8.65. The first-order valence-corrected chi connectivity index (χ1v) is 7.67. The summed E-state index contributed by atoms with van der Waals surface area (Å²) in [4.78, 5) is 11.1. The van der Waals surface area contributed by atoms with Crippen LogP contribution in [0.15, 0.2) is 0 Å². The molecule has 2 aliphatic rings. The molecule has 2 heterocycles. The van der Waals surface area contributed by atoms with E-state index in [0.717, 1.165) is 26.1 Å². The van der Waals surface area contributed by atoms with Gasteiger partial charge >= 0.3 is 0 Å². The Morgan fingerprint density at radius 2 is 2.22 bits per heavy atom.